The third-order valence-corrected chi connectivity index (χ3v) is 5.60. The molecule has 1 aliphatic heterocycles. The molecule has 1 saturated heterocycles. The fraction of sp³-hybridized carbons (Fsp3) is 0.909. The van der Waals surface area contributed by atoms with Gasteiger partial charge in [0, 0.05) is 6.42 Å². The molecule has 0 aromatic heterocycles. The Morgan fingerprint density at radius 2 is 1.75 bits per heavy atom. The summed E-state index contributed by atoms with van der Waals surface area (Å²) in [4.78, 5) is 11.6. The van der Waals surface area contributed by atoms with Crippen LogP contribution in [0, 0.1) is 5.92 Å². The average molecular weight is 334 g/mol. The normalized spacial score (nSPS) is 27.9. The monoisotopic (exact) mass is 334 g/mol. The summed E-state index contributed by atoms with van der Waals surface area (Å²) in [5.74, 6) is 2.37. The molecule has 2 atom stereocenters. The second kappa shape index (κ2) is 7.13. The van der Waals surface area contributed by atoms with E-state index in [0.29, 0.717) is 11.7 Å². The van der Waals surface area contributed by atoms with Gasteiger partial charge in [-0.05, 0) is 37.4 Å². The van der Waals surface area contributed by atoms with Gasteiger partial charge in [-0.2, -0.15) is 13.2 Å². The van der Waals surface area contributed by atoms with Gasteiger partial charge in [0.05, 0.1) is 5.92 Å². The van der Waals surface area contributed by atoms with E-state index in [2.05, 4.69) is 0 Å². The smallest absolute Gasteiger partial charge is 0.485 e. The molecule has 0 bridgehead atoms. The van der Waals surface area contributed by atoms with E-state index in [1.54, 1.807) is 11.8 Å². The summed E-state index contributed by atoms with van der Waals surface area (Å²) in [7, 11) is -6.09. The average Bonchev–Trinajstić information content (AvgIpc) is 2.81. The van der Waals surface area contributed by atoms with Crippen molar-refractivity contribution in [2.45, 2.75) is 49.3 Å². The summed E-state index contributed by atoms with van der Waals surface area (Å²) in [6.07, 6.45) is 7.18. The van der Waals surface area contributed by atoms with Crippen LogP contribution >= 0.6 is 0 Å². The Hall–Kier alpha value is -0.280. The lowest BCUT2D eigenvalue weighted by molar-refractivity contribution is -0.124. The molecule has 1 heterocycles. The number of thiol groups is 1. The lowest BCUT2D eigenvalue weighted by Gasteiger charge is -2.21. The first kappa shape index (κ1) is 17.8. The number of ketones is 1. The van der Waals surface area contributed by atoms with E-state index in [1.807, 2.05) is 0 Å². The van der Waals surface area contributed by atoms with Gasteiger partial charge in [-0.15, -0.1) is 0 Å². The Bertz CT molecular complexity index is 427. The number of carbonyl (C=O) groups excluding carboxylic acids is 1. The van der Waals surface area contributed by atoms with Crippen LogP contribution in [-0.4, -0.2) is 35.3 Å². The molecule has 0 aromatic rings. The molecule has 2 fully saturated rings. The van der Waals surface area contributed by atoms with Crippen LogP contribution in [0.4, 0.5) is 13.2 Å². The van der Waals surface area contributed by atoms with Crippen LogP contribution in [0.15, 0.2) is 0 Å². The molecular weight excluding hydrogens is 317 g/mol. The lowest BCUT2D eigenvalue weighted by atomic mass is 9.84. The molecule has 1 saturated carbocycles. The van der Waals surface area contributed by atoms with Crippen molar-refractivity contribution in [3.05, 3.63) is 0 Å². The fourth-order valence-corrected chi connectivity index (χ4v) is 4.03. The first-order valence-electron chi connectivity index (χ1n) is 6.34. The van der Waals surface area contributed by atoms with Gasteiger partial charge >= 0.3 is 5.51 Å². The van der Waals surface area contributed by atoms with Crippen molar-refractivity contribution in [3.8, 4) is 0 Å². The summed E-state index contributed by atoms with van der Waals surface area (Å²) >= 11 is 1.56. The van der Waals surface area contributed by atoms with Crippen LogP contribution in [0.3, 0.4) is 0 Å². The van der Waals surface area contributed by atoms with Crippen molar-refractivity contribution >= 4 is 27.7 Å². The molecule has 118 valence electrons. The standard InChI is InChI=1S/C10H16OS.CHF3O3S/c11-9-5-2-1-4-8(9)10-6-3-7-12-10;2-1(3,4)8(5,6)7/h8,10H,1-7H2;(H,5,6,7). The quantitative estimate of drug-likeness (QED) is 0.317. The van der Waals surface area contributed by atoms with Gasteiger partial charge in [-0.3, -0.25) is 4.79 Å². The molecule has 20 heavy (non-hydrogen) atoms. The van der Waals surface area contributed by atoms with E-state index in [0.717, 1.165) is 18.1 Å². The highest BCUT2D eigenvalue weighted by molar-refractivity contribution is 7.86. The zero-order valence-electron chi connectivity index (χ0n) is 10.7. The Kier molecular flexibility index (Phi) is 6.33. The third kappa shape index (κ3) is 5.25. The molecule has 2 aliphatic rings. The molecule has 0 aromatic carbocycles. The number of hydrogen-bond acceptors (Lipinski definition) is 4. The Morgan fingerprint density at radius 1 is 1.15 bits per heavy atom. The molecule has 2 rings (SSSR count). The summed E-state index contributed by atoms with van der Waals surface area (Å²) in [5, 5.41) is 0.748. The number of Topliss-reactive ketones (excluding diaryl/α,β-unsaturated/α-hetero) is 1. The van der Waals surface area contributed by atoms with Gasteiger partial charge < -0.3 is 4.55 Å². The lowest BCUT2D eigenvalue weighted by Crippen LogP contribution is -2.29. The van der Waals surface area contributed by atoms with Crippen LogP contribution in [0.2, 0.25) is 0 Å². The maximum Gasteiger partial charge on any atom is 0.485 e. The van der Waals surface area contributed by atoms with E-state index in [4.69, 9.17) is 13.0 Å². The molecule has 0 spiro atoms. The van der Waals surface area contributed by atoms with Crippen molar-refractivity contribution in [2.75, 3.05) is 5.75 Å². The zero-order chi connectivity index (χ0) is 15.4. The molecule has 0 N–H and O–H groups in total. The minimum atomic E-state index is -6.09. The van der Waals surface area contributed by atoms with E-state index < -0.39 is 15.6 Å². The Balaban J connectivity index is 0.000000221. The van der Waals surface area contributed by atoms with Crippen molar-refractivity contribution in [1.29, 1.82) is 0 Å². The Labute approximate surface area is 120 Å². The number of alkyl halides is 3. The minimum Gasteiger partial charge on any atom is -0.741 e. The topological polar surface area (TPSA) is 74.3 Å². The van der Waals surface area contributed by atoms with Crippen LogP contribution in [-0.2, 0) is 26.7 Å². The predicted octanol–water partition coefficient (Wildman–Crippen LogP) is 1.77. The number of carbonyl (C=O) groups is 1. The van der Waals surface area contributed by atoms with Crippen LogP contribution < -0.4 is 0 Å². The van der Waals surface area contributed by atoms with Crippen LogP contribution in [0.25, 0.3) is 0 Å². The van der Waals surface area contributed by atoms with Crippen LogP contribution in [0.5, 0.6) is 0 Å². The SMILES string of the molecule is O=C1CCCCC1C1CCC[SH+]1.O=S(=O)([O-])C(F)(F)F. The molecule has 0 radical (unpaired) electrons. The van der Waals surface area contributed by atoms with Crippen LogP contribution in [0.1, 0.15) is 38.5 Å². The van der Waals surface area contributed by atoms with E-state index in [1.165, 1.54) is 31.4 Å². The molecular formula is C11H17F3O4S2. The number of halogens is 3. The Morgan fingerprint density at radius 3 is 2.15 bits per heavy atom. The highest BCUT2D eigenvalue weighted by Crippen LogP contribution is 2.30. The summed E-state index contributed by atoms with van der Waals surface area (Å²) in [6, 6.07) is 0. The van der Waals surface area contributed by atoms with Crippen molar-refractivity contribution in [3.63, 3.8) is 0 Å². The fourth-order valence-electron chi connectivity index (χ4n) is 2.39. The minimum absolute atomic E-state index is 0.461. The van der Waals surface area contributed by atoms with E-state index in [9.17, 15) is 18.0 Å². The van der Waals surface area contributed by atoms with Crippen molar-refractivity contribution < 1.29 is 30.9 Å². The maximum absolute atomic E-state index is 11.6. The first-order chi connectivity index (χ1) is 9.13. The van der Waals surface area contributed by atoms with E-state index in [-0.39, 0.29) is 0 Å². The van der Waals surface area contributed by atoms with Gasteiger partial charge in [-0.1, -0.05) is 6.42 Å². The molecule has 2 unspecified atom stereocenters. The highest BCUT2D eigenvalue weighted by atomic mass is 32.2. The zero-order valence-corrected chi connectivity index (χ0v) is 12.4. The van der Waals surface area contributed by atoms with E-state index >= 15 is 0 Å². The first-order valence-corrected chi connectivity index (χ1v) is 8.90. The van der Waals surface area contributed by atoms with Gasteiger partial charge in [-0.25, -0.2) is 8.42 Å². The van der Waals surface area contributed by atoms with Gasteiger partial charge in [0.2, 0.25) is 0 Å². The summed E-state index contributed by atoms with van der Waals surface area (Å²) < 4.78 is 58.9. The summed E-state index contributed by atoms with van der Waals surface area (Å²) in [5.41, 5.74) is -5.65. The largest absolute Gasteiger partial charge is 0.741 e. The van der Waals surface area contributed by atoms with Gasteiger partial charge in [0.25, 0.3) is 0 Å². The molecule has 9 heteroatoms. The third-order valence-electron chi connectivity index (χ3n) is 3.37. The second-order valence-corrected chi connectivity index (χ2v) is 7.68. The number of hydrogen-bond donors (Lipinski definition) is 0. The molecule has 4 nitrogen and oxygen atoms in total. The highest BCUT2D eigenvalue weighted by Gasteiger charge is 2.37. The maximum atomic E-state index is 11.6. The van der Waals surface area contributed by atoms with Crippen molar-refractivity contribution in [1.82, 2.24) is 0 Å². The molecule has 0 amide bonds. The van der Waals surface area contributed by atoms with Gasteiger partial charge in [0.1, 0.15) is 16.8 Å². The molecule has 1 aliphatic carbocycles. The van der Waals surface area contributed by atoms with Crippen molar-refractivity contribution in [2.24, 2.45) is 5.92 Å². The number of rotatable bonds is 1. The summed E-state index contributed by atoms with van der Waals surface area (Å²) in [6.45, 7) is 0. The van der Waals surface area contributed by atoms with Gasteiger partial charge in [0.15, 0.2) is 10.1 Å². The second-order valence-electron chi connectivity index (χ2n) is 4.83. The predicted molar refractivity (Wildman–Crippen MR) is 69.4 cm³/mol.